The minimum absolute atomic E-state index is 0.0810. The van der Waals surface area contributed by atoms with Gasteiger partial charge in [-0.2, -0.15) is 0 Å². The van der Waals surface area contributed by atoms with Crippen molar-refractivity contribution in [3.05, 3.63) is 83.1 Å². The molecule has 0 saturated carbocycles. The van der Waals surface area contributed by atoms with Crippen molar-refractivity contribution in [2.75, 3.05) is 11.5 Å². The Morgan fingerprint density at radius 3 is 2.93 bits per heavy atom. The molecule has 1 aromatic rings. The molecule has 0 aromatic heterocycles. The summed E-state index contributed by atoms with van der Waals surface area (Å²) in [6.07, 6.45) is 8.17. The van der Waals surface area contributed by atoms with Crippen LogP contribution in [0, 0.1) is 0 Å². The number of benzene rings is 1. The van der Waals surface area contributed by atoms with Gasteiger partial charge in [0.05, 0.1) is 18.0 Å². The first kappa shape index (κ1) is 16.7. The molecule has 2 heterocycles. The summed E-state index contributed by atoms with van der Waals surface area (Å²) in [6, 6.07) is 7.07. The minimum atomic E-state index is -1.46. The zero-order chi connectivity index (χ0) is 19.5. The molecule has 28 heavy (non-hydrogen) atoms. The lowest BCUT2D eigenvalue weighted by Gasteiger charge is -2.50. The van der Waals surface area contributed by atoms with Gasteiger partial charge in [0, 0.05) is 11.1 Å². The summed E-state index contributed by atoms with van der Waals surface area (Å²) in [5, 5.41) is 0. The second-order valence-electron chi connectivity index (χ2n) is 6.73. The molecule has 1 aromatic carbocycles. The number of nitrogens with zero attached hydrogens (tertiary/aromatic N) is 1. The molecule has 4 aliphatic rings. The van der Waals surface area contributed by atoms with E-state index in [9.17, 15) is 9.59 Å². The van der Waals surface area contributed by atoms with Crippen LogP contribution in [-0.4, -0.2) is 30.3 Å². The third-order valence-corrected chi connectivity index (χ3v) is 5.24. The molecular formula is C22H16FNO4. The van der Waals surface area contributed by atoms with Gasteiger partial charge in [0.1, 0.15) is 11.3 Å². The van der Waals surface area contributed by atoms with Crippen LogP contribution in [0.3, 0.4) is 0 Å². The molecular weight excluding hydrogens is 361 g/mol. The van der Waals surface area contributed by atoms with Crippen molar-refractivity contribution in [3.8, 4) is 5.75 Å². The number of carbonyl (C=O) groups is 2. The first-order valence-corrected chi connectivity index (χ1v) is 9.05. The number of ether oxygens (including phenoxy) is 2. The molecule has 5 rings (SSSR count). The third-order valence-electron chi connectivity index (χ3n) is 5.24. The summed E-state index contributed by atoms with van der Waals surface area (Å²) in [5.74, 6) is -0.730. The van der Waals surface area contributed by atoms with E-state index in [0.717, 1.165) is 0 Å². The number of rotatable bonds is 2. The number of allylic oxidation sites excluding steroid dienone is 4. The van der Waals surface area contributed by atoms with Crippen LogP contribution >= 0.6 is 0 Å². The Labute approximate surface area is 160 Å². The van der Waals surface area contributed by atoms with Gasteiger partial charge in [-0.25, -0.2) is 9.18 Å². The second kappa shape index (κ2) is 5.79. The first-order chi connectivity index (χ1) is 13.6. The molecule has 0 amide bonds. The summed E-state index contributed by atoms with van der Waals surface area (Å²) >= 11 is 0. The number of alkyl halides is 1. The fourth-order valence-electron chi connectivity index (χ4n) is 4.16. The molecule has 2 aliphatic heterocycles. The topological polar surface area (TPSA) is 55.8 Å². The van der Waals surface area contributed by atoms with Gasteiger partial charge >= 0.3 is 5.97 Å². The maximum absolute atomic E-state index is 15.1. The molecule has 2 atom stereocenters. The number of hydrogen-bond donors (Lipinski definition) is 0. The van der Waals surface area contributed by atoms with E-state index in [1.54, 1.807) is 55.5 Å². The van der Waals surface area contributed by atoms with Crippen LogP contribution in [0.15, 0.2) is 83.1 Å². The van der Waals surface area contributed by atoms with Gasteiger partial charge in [0.2, 0.25) is 5.78 Å². The summed E-state index contributed by atoms with van der Waals surface area (Å²) in [6.45, 7) is 1.82. The second-order valence-corrected chi connectivity index (χ2v) is 6.73. The smallest absolute Gasteiger partial charge is 0.342 e. The maximum Gasteiger partial charge on any atom is 0.342 e. The Morgan fingerprint density at radius 1 is 1.29 bits per heavy atom. The lowest BCUT2D eigenvalue weighted by atomic mass is 9.72. The largest absolute Gasteiger partial charge is 0.470 e. The van der Waals surface area contributed by atoms with Gasteiger partial charge in [-0.1, -0.05) is 30.4 Å². The standard InChI is InChI=1S/C22H16FNO4/c1-2-27-21(26)18-14-7-5-6-12-22(14)20-13(19(18)25)10-11-17(23)24(20)15-8-3-4-9-16(15)28-22/h3-12,17H,2H2,1H3. The van der Waals surface area contributed by atoms with Crippen LogP contribution in [-0.2, 0) is 14.3 Å². The highest BCUT2D eigenvalue weighted by atomic mass is 19.1. The summed E-state index contributed by atoms with van der Waals surface area (Å²) in [4.78, 5) is 27.4. The molecule has 140 valence electrons. The quantitative estimate of drug-likeness (QED) is 0.450. The molecule has 0 saturated heterocycles. The van der Waals surface area contributed by atoms with Crippen molar-refractivity contribution in [3.63, 3.8) is 0 Å². The van der Waals surface area contributed by atoms with Gasteiger partial charge in [-0.05, 0) is 37.3 Å². The van der Waals surface area contributed by atoms with Gasteiger partial charge < -0.3 is 14.4 Å². The molecule has 5 nitrogen and oxygen atoms in total. The maximum atomic E-state index is 15.1. The van der Waals surface area contributed by atoms with Crippen molar-refractivity contribution >= 4 is 17.4 Å². The molecule has 0 N–H and O–H groups in total. The van der Waals surface area contributed by atoms with E-state index in [0.29, 0.717) is 22.7 Å². The number of fused-ring (bicyclic) bond motifs is 2. The Balaban J connectivity index is 1.84. The number of para-hydroxylation sites is 2. The first-order valence-electron chi connectivity index (χ1n) is 9.05. The van der Waals surface area contributed by atoms with Gasteiger partial charge in [0.25, 0.3) is 0 Å². The number of Topliss-reactive ketones (excluding diaryl/α,β-unsaturated/α-hetero) is 1. The molecule has 1 spiro atoms. The Bertz CT molecular complexity index is 1080. The van der Waals surface area contributed by atoms with Crippen LogP contribution < -0.4 is 9.64 Å². The SMILES string of the molecule is CCOC(=O)C1=C2C=CC=CC23Oc2ccccc2N2C3=C(C=CC2F)C1=O. The van der Waals surface area contributed by atoms with Crippen molar-refractivity contribution in [2.24, 2.45) is 0 Å². The van der Waals surface area contributed by atoms with Crippen LogP contribution in [0.4, 0.5) is 10.1 Å². The predicted octanol–water partition coefficient (Wildman–Crippen LogP) is 3.31. The molecule has 2 aliphatic carbocycles. The average Bonchev–Trinajstić information content (AvgIpc) is 2.70. The van der Waals surface area contributed by atoms with Crippen molar-refractivity contribution in [1.82, 2.24) is 0 Å². The van der Waals surface area contributed by atoms with E-state index in [-0.39, 0.29) is 17.8 Å². The minimum Gasteiger partial charge on any atom is -0.470 e. The zero-order valence-electron chi connectivity index (χ0n) is 15.0. The van der Waals surface area contributed by atoms with Gasteiger partial charge in [-0.3, -0.25) is 4.79 Å². The number of ketones is 1. The van der Waals surface area contributed by atoms with Crippen LogP contribution in [0.25, 0.3) is 0 Å². The highest BCUT2D eigenvalue weighted by Gasteiger charge is 2.55. The van der Waals surface area contributed by atoms with Crippen LogP contribution in [0.2, 0.25) is 0 Å². The average molecular weight is 377 g/mol. The summed E-state index contributed by atoms with van der Waals surface area (Å²) < 4.78 is 26.6. The fraction of sp³-hybridized carbons (Fsp3) is 0.182. The highest BCUT2D eigenvalue weighted by molar-refractivity contribution is 6.28. The van der Waals surface area contributed by atoms with E-state index < -0.39 is 23.6 Å². The van der Waals surface area contributed by atoms with E-state index in [4.69, 9.17) is 9.47 Å². The molecule has 6 heteroatoms. The lowest BCUT2D eigenvalue weighted by molar-refractivity contribution is -0.140. The Morgan fingerprint density at radius 2 is 2.11 bits per heavy atom. The monoisotopic (exact) mass is 377 g/mol. The highest BCUT2D eigenvalue weighted by Crippen LogP contribution is 2.53. The van der Waals surface area contributed by atoms with E-state index in [1.807, 2.05) is 0 Å². The summed E-state index contributed by atoms with van der Waals surface area (Å²) in [7, 11) is 0. The number of hydrogen-bond acceptors (Lipinski definition) is 5. The molecule has 2 unspecified atom stereocenters. The van der Waals surface area contributed by atoms with Crippen molar-refractivity contribution in [2.45, 2.75) is 18.8 Å². The predicted molar refractivity (Wildman–Crippen MR) is 100 cm³/mol. The normalized spacial score (nSPS) is 26.6. The van der Waals surface area contributed by atoms with Crippen molar-refractivity contribution in [1.29, 1.82) is 0 Å². The van der Waals surface area contributed by atoms with Gasteiger partial charge in [-0.15, -0.1) is 0 Å². The van der Waals surface area contributed by atoms with Gasteiger partial charge in [0.15, 0.2) is 11.9 Å². The summed E-state index contributed by atoms with van der Waals surface area (Å²) in [5.41, 5.74) is 0.155. The fourth-order valence-corrected chi connectivity index (χ4v) is 4.16. The third kappa shape index (κ3) is 2.00. The van der Waals surface area contributed by atoms with E-state index >= 15 is 4.39 Å². The number of halogens is 1. The zero-order valence-corrected chi connectivity index (χ0v) is 15.0. The van der Waals surface area contributed by atoms with Crippen LogP contribution in [0.5, 0.6) is 5.75 Å². The lowest BCUT2D eigenvalue weighted by Crippen LogP contribution is -2.56. The number of esters is 1. The Kier molecular flexibility index (Phi) is 3.46. The molecule has 0 fully saturated rings. The van der Waals surface area contributed by atoms with Crippen LogP contribution in [0.1, 0.15) is 6.92 Å². The Hall–Kier alpha value is -3.41. The number of carbonyl (C=O) groups excluding carboxylic acids is 2. The van der Waals surface area contributed by atoms with E-state index in [2.05, 4.69) is 0 Å². The van der Waals surface area contributed by atoms with Crippen molar-refractivity contribution < 1.29 is 23.5 Å². The molecule has 0 radical (unpaired) electrons. The number of anilines is 1. The van der Waals surface area contributed by atoms with E-state index in [1.165, 1.54) is 17.1 Å². The molecule has 0 bridgehead atoms.